The molecule has 6 heteroatoms. The van der Waals surface area contributed by atoms with Crippen molar-refractivity contribution in [2.24, 2.45) is 10.1 Å². The van der Waals surface area contributed by atoms with Crippen molar-refractivity contribution >= 4 is 44.6 Å². The number of rotatable bonds is 4. The molecule has 4 rings (SSSR count). The number of benzene rings is 3. The van der Waals surface area contributed by atoms with Crippen molar-refractivity contribution in [3.63, 3.8) is 0 Å². The lowest BCUT2D eigenvalue weighted by atomic mass is 10.2. The van der Waals surface area contributed by atoms with Gasteiger partial charge in [-0.05, 0) is 42.5 Å². The molecule has 4 aromatic rings. The van der Waals surface area contributed by atoms with Crippen molar-refractivity contribution in [1.29, 1.82) is 0 Å². The van der Waals surface area contributed by atoms with E-state index >= 15 is 0 Å². The molecule has 0 unspecified atom stereocenters. The first-order chi connectivity index (χ1) is 14.2. The normalized spacial score (nSPS) is 11.8. The van der Waals surface area contributed by atoms with E-state index in [0.29, 0.717) is 17.1 Å². The Labute approximate surface area is 176 Å². The number of hydrogen-bond donors (Lipinski definition) is 2. The van der Waals surface area contributed by atoms with Gasteiger partial charge in [0.1, 0.15) is 11.4 Å². The van der Waals surface area contributed by atoms with Crippen LogP contribution in [0, 0.1) is 0 Å². The molecule has 0 aliphatic carbocycles. The van der Waals surface area contributed by atoms with Crippen molar-refractivity contribution in [3.8, 4) is 5.75 Å². The number of nitrogens with one attached hydrogen (secondary N) is 1. The number of hydrazone groups is 1. The summed E-state index contributed by atoms with van der Waals surface area (Å²) in [4.78, 5) is 9.37. The summed E-state index contributed by atoms with van der Waals surface area (Å²) in [5, 5.41) is 15.3. The highest BCUT2D eigenvalue weighted by molar-refractivity contribution is 9.10. The Balaban J connectivity index is 1.69. The van der Waals surface area contributed by atoms with Crippen LogP contribution in [-0.2, 0) is 0 Å². The molecule has 0 atom stereocenters. The minimum atomic E-state index is 0.143. The van der Waals surface area contributed by atoms with Gasteiger partial charge >= 0.3 is 0 Å². The Kier molecular flexibility index (Phi) is 5.63. The predicted molar refractivity (Wildman–Crippen MR) is 121 cm³/mol. The van der Waals surface area contributed by atoms with E-state index < -0.39 is 0 Å². The number of halogens is 1. The van der Waals surface area contributed by atoms with Crippen molar-refractivity contribution in [2.45, 2.75) is 0 Å². The Morgan fingerprint density at radius 1 is 0.931 bits per heavy atom. The van der Waals surface area contributed by atoms with Crippen LogP contribution in [0.3, 0.4) is 0 Å². The highest BCUT2D eigenvalue weighted by Gasteiger charge is 2.07. The van der Waals surface area contributed by atoms with Crippen LogP contribution in [0.25, 0.3) is 10.9 Å². The summed E-state index contributed by atoms with van der Waals surface area (Å²) in [6.45, 7) is 0. The Hall–Kier alpha value is -3.51. The Morgan fingerprint density at radius 3 is 2.59 bits per heavy atom. The van der Waals surface area contributed by atoms with E-state index in [4.69, 9.17) is 4.98 Å². The van der Waals surface area contributed by atoms with Crippen molar-refractivity contribution in [2.75, 3.05) is 0 Å². The Morgan fingerprint density at radius 2 is 1.72 bits per heavy atom. The van der Waals surface area contributed by atoms with Crippen molar-refractivity contribution in [3.05, 3.63) is 101 Å². The minimum absolute atomic E-state index is 0.143. The zero-order chi connectivity index (χ0) is 20.1. The molecule has 0 aliphatic rings. The standard InChI is InChI=1S/C23H17BrN4O/c24-18-11-13-22(29)17(14-18)15-25-28-23(26-19-7-2-1-3-8-19)21-12-10-16-6-4-5-9-20(16)27-21/h1-15,29H,(H,26,28)/b25-15+. The molecule has 2 N–H and O–H groups in total. The zero-order valence-corrected chi connectivity index (χ0v) is 16.9. The third kappa shape index (κ3) is 4.67. The van der Waals surface area contributed by atoms with E-state index in [0.717, 1.165) is 21.1 Å². The molecule has 142 valence electrons. The van der Waals surface area contributed by atoms with Gasteiger partial charge in [0.05, 0.1) is 17.4 Å². The Bertz CT molecular complexity index is 1210. The van der Waals surface area contributed by atoms with E-state index in [1.807, 2.05) is 66.7 Å². The van der Waals surface area contributed by atoms with Crippen LogP contribution < -0.4 is 5.43 Å². The molecular weight excluding hydrogens is 428 g/mol. The van der Waals surface area contributed by atoms with Gasteiger partial charge in [-0.3, -0.25) is 5.43 Å². The number of aliphatic imine (C=N–C) groups is 1. The fourth-order valence-electron chi connectivity index (χ4n) is 2.76. The van der Waals surface area contributed by atoms with E-state index in [9.17, 15) is 5.11 Å². The fourth-order valence-corrected chi connectivity index (χ4v) is 3.14. The summed E-state index contributed by atoms with van der Waals surface area (Å²) < 4.78 is 0.853. The fraction of sp³-hybridized carbons (Fsp3) is 0. The first-order valence-corrected chi connectivity index (χ1v) is 9.76. The molecule has 3 aromatic carbocycles. The number of fused-ring (bicyclic) bond motifs is 1. The first-order valence-electron chi connectivity index (χ1n) is 8.96. The van der Waals surface area contributed by atoms with Gasteiger partial charge in [-0.25, -0.2) is 9.98 Å². The van der Waals surface area contributed by atoms with Gasteiger partial charge in [0.15, 0.2) is 5.84 Å². The minimum Gasteiger partial charge on any atom is -0.507 e. The number of phenols is 1. The largest absolute Gasteiger partial charge is 0.507 e. The van der Waals surface area contributed by atoms with Crippen molar-refractivity contribution in [1.82, 2.24) is 10.4 Å². The third-order valence-corrected chi connectivity index (χ3v) is 4.70. The van der Waals surface area contributed by atoms with Crippen LogP contribution in [0.15, 0.2) is 99.5 Å². The smallest absolute Gasteiger partial charge is 0.173 e. The molecule has 1 heterocycles. The molecule has 1 aromatic heterocycles. The molecule has 0 saturated carbocycles. The number of amidine groups is 1. The predicted octanol–water partition coefficient (Wildman–Crippen LogP) is 5.40. The van der Waals surface area contributed by atoms with E-state index in [1.54, 1.807) is 24.4 Å². The summed E-state index contributed by atoms with van der Waals surface area (Å²) in [5.74, 6) is 0.650. The highest BCUT2D eigenvalue weighted by atomic mass is 79.9. The number of pyridine rings is 1. The maximum absolute atomic E-state index is 9.99. The van der Waals surface area contributed by atoms with Gasteiger partial charge in [-0.15, -0.1) is 0 Å². The molecular formula is C23H17BrN4O. The number of nitrogens with zero attached hydrogens (tertiary/aromatic N) is 3. The zero-order valence-electron chi connectivity index (χ0n) is 15.3. The average molecular weight is 445 g/mol. The lowest BCUT2D eigenvalue weighted by Crippen LogP contribution is -2.20. The van der Waals surface area contributed by atoms with Crippen LogP contribution in [0.2, 0.25) is 0 Å². The number of aromatic hydroxyl groups is 1. The van der Waals surface area contributed by atoms with Gasteiger partial charge in [-0.2, -0.15) is 5.10 Å². The monoisotopic (exact) mass is 444 g/mol. The highest BCUT2D eigenvalue weighted by Crippen LogP contribution is 2.20. The van der Waals surface area contributed by atoms with Crippen LogP contribution >= 0.6 is 15.9 Å². The quantitative estimate of drug-likeness (QED) is 0.251. The molecule has 0 aliphatic heterocycles. The molecule has 0 radical (unpaired) electrons. The second-order valence-electron chi connectivity index (χ2n) is 6.26. The number of phenolic OH excluding ortho intramolecular Hbond substituents is 1. The van der Waals surface area contributed by atoms with E-state index in [1.165, 1.54) is 0 Å². The van der Waals surface area contributed by atoms with Gasteiger partial charge in [0, 0.05) is 15.4 Å². The first kappa shape index (κ1) is 18.8. The van der Waals surface area contributed by atoms with Gasteiger partial charge in [0.2, 0.25) is 0 Å². The maximum Gasteiger partial charge on any atom is 0.173 e. The molecule has 5 nitrogen and oxygen atoms in total. The average Bonchev–Trinajstić information content (AvgIpc) is 2.76. The molecule has 0 bridgehead atoms. The lowest BCUT2D eigenvalue weighted by Gasteiger charge is -2.07. The summed E-state index contributed by atoms with van der Waals surface area (Å²) in [6.07, 6.45) is 1.54. The summed E-state index contributed by atoms with van der Waals surface area (Å²) in [7, 11) is 0. The number of hydrogen-bond acceptors (Lipinski definition) is 4. The van der Waals surface area contributed by atoms with E-state index in [-0.39, 0.29) is 5.75 Å². The SMILES string of the molecule is Oc1ccc(Br)cc1/C=N/NC(=Nc1ccccc1)c1ccc2ccccc2n1. The second-order valence-corrected chi connectivity index (χ2v) is 7.17. The topological polar surface area (TPSA) is 69.9 Å². The van der Waals surface area contributed by atoms with Crippen LogP contribution in [0.4, 0.5) is 5.69 Å². The number of aromatic nitrogens is 1. The summed E-state index contributed by atoms with van der Waals surface area (Å²) >= 11 is 3.39. The maximum atomic E-state index is 9.99. The van der Waals surface area contributed by atoms with Gasteiger partial charge in [0.25, 0.3) is 0 Å². The summed E-state index contributed by atoms with van der Waals surface area (Å²) in [6, 6.07) is 26.6. The lowest BCUT2D eigenvalue weighted by molar-refractivity contribution is 0.474. The van der Waals surface area contributed by atoms with Crippen LogP contribution in [0.5, 0.6) is 5.75 Å². The molecule has 0 amide bonds. The van der Waals surface area contributed by atoms with Gasteiger partial charge in [-0.1, -0.05) is 58.4 Å². The van der Waals surface area contributed by atoms with Gasteiger partial charge < -0.3 is 5.11 Å². The van der Waals surface area contributed by atoms with E-state index in [2.05, 4.69) is 31.4 Å². The molecule has 0 spiro atoms. The van der Waals surface area contributed by atoms with Crippen molar-refractivity contribution < 1.29 is 5.11 Å². The molecule has 29 heavy (non-hydrogen) atoms. The molecule has 0 fully saturated rings. The van der Waals surface area contributed by atoms with Crippen LogP contribution in [0.1, 0.15) is 11.3 Å². The third-order valence-electron chi connectivity index (χ3n) is 4.20. The molecule has 0 saturated heterocycles. The number of para-hydroxylation sites is 2. The summed E-state index contributed by atoms with van der Waals surface area (Å²) in [5.41, 5.74) is 5.88. The second kappa shape index (κ2) is 8.67. The van der Waals surface area contributed by atoms with Crippen LogP contribution in [-0.4, -0.2) is 22.1 Å².